The van der Waals surface area contributed by atoms with E-state index >= 15 is 0 Å². The minimum absolute atomic E-state index is 0.300. The molecule has 0 aromatic heterocycles. The van der Waals surface area contributed by atoms with Crippen LogP contribution in [0, 0.1) is 17.2 Å². The van der Waals surface area contributed by atoms with E-state index in [4.69, 9.17) is 0 Å². The minimum atomic E-state index is -0.300. The highest BCUT2D eigenvalue weighted by molar-refractivity contribution is 5.17. The van der Waals surface area contributed by atoms with E-state index < -0.39 is 0 Å². The van der Waals surface area contributed by atoms with Crippen molar-refractivity contribution in [2.24, 2.45) is 5.92 Å². The van der Waals surface area contributed by atoms with Crippen LogP contribution in [0.2, 0.25) is 0 Å². The molecule has 3 nitrogen and oxygen atoms in total. The van der Waals surface area contributed by atoms with Gasteiger partial charge in [0.05, 0.1) is 6.07 Å². The van der Waals surface area contributed by atoms with E-state index in [0.29, 0.717) is 12.0 Å². The van der Waals surface area contributed by atoms with Gasteiger partial charge in [-0.2, -0.15) is 5.26 Å². The lowest BCUT2D eigenvalue weighted by Crippen LogP contribution is -2.57. The predicted molar refractivity (Wildman–Crippen MR) is 74.2 cm³/mol. The van der Waals surface area contributed by atoms with Crippen LogP contribution in [-0.2, 0) is 0 Å². The lowest BCUT2D eigenvalue weighted by Gasteiger charge is -2.36. The van der Waals surface area contributed by atoms with Crippen LogP contribution in [0.25, 0.3) is 0 Å². The maximum Gasteiger partial charge on any atom is 0.122 e. The van der Waals surface area contributed by atoms with Crippen molar-refractivity contribution in [3.8, 4) is 6.07 Å². The fourth-order valence-electron chi connectivity index (χ4n) is 2.98. The molecule has 2 rings (SSSR count). The quantitative estimate of drug-likeness (QED) is 0.718. The molecule has 0 aliphatic heterocycles. The highest BCUT2D eigenvalue weighted by Crippen LogP contribution is 2.41. The zero-order valence-electron chi connectivity index (χ0n) is 12.1. The second-order valence-electron chi connectivity index (χ2n) is 6.36. The summed E-state index contributed by atoms with van der Waals surface area (Å²) in [5, 5.41) is 13.3. The molecule has 0 bridgehead atoms. The van der Waals surface area contributed by atoms with E-state index in [-0.39, 0.29) is 5.54 Å². The Bertz CT molecular complexity index is 312. The van der Waals surface area contributed by atoms with Crippen molar-refractivity contribution < 1.29 is 0 Å². The van der Waals surface area contributed by atoms with E-state index in [2.05, 4.69) is 37.1 Å². The van der Waals surface area contributed by atoms with E-state index in [9.17, 15) is 5.26 Å². The van der Waals surface area contributed by atoms with Gasteiger partial charge in [-0.3, -0.25) is 10.2 Å². The summed E-state index contributed by atoms with van der Waals surface area (Å²) in [6.07, 6.45) is 6.28. The van der Waals surface area contributed by atoms with Crippen molar-refractivity contribution in [3.05, 3.63) is 0 Å². The largest absolute Gasteiger partial charge is 0.297 e. The van der Waals surface area contributed by atoms with Gasteiger partial charge in [-0.05, 0) is 58.4 Å². The normalized spacial score (nSPS) is 23.1. The molecule has 2 aliphatic carbocycles. The number of nitriles is 1. The molecule has 0 saturated heterocycles. The van der Waals surface area contributed by atoms with E-state index in [0.717, 1.165) is 19.1 Å². The molecule has 2 aliphatic rings. The Morgan fingerprint density at radius 3 is 2.39 bits per heavy atom. The van der Waals surface area contributed by atoms with Gasteiger partial charge in [-0.25, -0.2) is 0 Å². The Hall–Kier alpha value is -0.590. The predicted octanol–water partition coefficient (Wildman–Crippen LogP) is 2.53. The molecule has 102 valence electrons. The summed E-state index contributed by atoms with van der Waals surface area (Å²) in [6.45, 7) is 8.59. The third kappa shape index (κ3) is 3.24. The average molecular weight is 249 g/mol. The van der Waals surface area contributed by atoms with Crippen LogP contribution in [0.5, 0.6) is 0 Å². The highest BCUT2D eigenvalue weighted by Gasteiger charge is 2.48. The molecule has 1 atom stereocenters. The standard InChI is InChI=1S/C15H27N3/c1-4-9-18(14-7-8-14)11-15(10-16,13-5-6-13)17-12(2)3/h12-14,17H,4-9,11H2,1-3H3. The molecular formula is C15H27N3. The fraction of sp³-hybridized carbons (Fsp3) is 0.933. The van der Waals surface area contributed by atoms with Crippen LogP contribution in [-0.4, -0.2) is 35.6 Å². The molecule has 0 aromatic rings. The smallest absolute Gasteiger partial charge is 0.122 e. The summed E-state index contributed by atoms with van der Waals surface area (Å²) < 4.78 is 0. The summed E-state index contributed by atoms with van der Waals surface area (Å²) in [4.78, 5) is 2.55. The first-order valence-corrected chi connectivity index (χ1v) is 7.54. The van der Waals surface area contributed by atoms with Crippen LogP contribution < -0.4 is 5.32 Å². The van der Waals surface area contributed by atoms with Gasteiger partial charge in [0.1, 0.15) is 5.54 Å². The zero-order chi connectivity index (χ0) is 13.2. The SMILES string of the molecule is CCCN(CC(C#N)(NC(C)C)C1CC1)C1CC1. The van der Waals surface area contributed by atoms with Crippen LogP contribution in [0.15, 0.2) is 0 Å². The lowest BCUT2D eigenvalue weighted by atomic mass is 9.92. The molecule has 0 radical (unpaired) electrons. The van der Waals surface area contributed by atoms with E-state index in [1.807, 2.05) is 0 Å². The molecular weight excluding hydrogens is 222 g/mol. The van der Waals surface area contributed by atoms with Crippen molar-refractivity contribution in [1.82, 2.24) is 10.2 Å². The average Bonchev–Trinajstić information content (AvgIpc) is 3.19. The van der Waals surface area contributed by atoms with Crippen LogP contribution in [0.1, 0.15) is 52.9 Å². The van der Waals surface area contributed by atoms with Crippen molar-refractivity contribution >= 4 is 0 Å². The van der Waals surface area contributed by atoms with Crippen molar-refractivity contribution in [1.29, 1.82) is 5.26 Å². The second kappa shape index (κ2) is 5.59. The van der Waals surface area contributed by atoms with Crippen LogP contribution in [0.4, 0.5) is 0 Å². The van der Waals surface area contributed by atoms with Gasteiger partial charge in [0.2, 0.25) is 0 Å². The molecule has 2 saturated carbocycles. The number of rotatable bonds is 8. The van der Waals surface area contributed by atoms with Gasteiger partial charge in [-0.15, -0.1) is 0 Å². The first kappa shape index (κ1) is 13.8. The molecule has 3 heteroatoms. The van der Waals surface area contributed by atoms with Gasteiger partial charge in [-0.1, -0.05) is 6.92 Å². The first-order chi connectivity index (χ1) is 8.61. The summed E-state index contributed by atoms with van der Waals surface area (Å²) in [6, 6.07) is 3.76. The molecule has 0 amide bonds. The summed E-state index contributed by atoms with van der Waals surface area (Å²) in [5.74, 6) is 0.572. The van der Waals surface area contributed by atoms with Gasteiger partial charge in [0, 0.05) is 18.6 Å². The summed E-state index contributed by atoms with van der Waals surface area (Å²) in [5.41, 5.74) is -0.300. The molecule has 2 fully saturated rings. The number of nitrogens with one attached hydrogen (secondary N) is 1. The minimum Gasteiger partial charge on any atom is -0.297 e. The van der Waals surface area contributed by atoms with Crippen molar-refractivity contribution in [3.63, 3.8) is 0 Å². The van der Waals surface area contributed by atoms with Gasteiger partial charge in [0.25, 0.3) is 0 Å². The van der Waals surface area contributed by atoms with Crippen LogP contribution in [0.3, 0.4) is 0 Å². The number of hydrogen-bond acceptors (Lipinski definition) is 3. The van der Waals surface area contributed by atoms with Crippen molar-refractivity contribution in [2.45, 2.75) is 70.5 Å². The molecule has 18 heavy (non-hydrogen) atoms. The maximum atomic E-state index is 9.72. The Morgan fingerprint density at radius 1 is 1.33 bits per heavy atom. The third-order valence-corrected chi connectivity index (χ3v) is 4.05. The summed E-state index contributed by atoms with van der Waals surface area (Å²) >= 11 is 0. The Labute approximate surface area is 112 Å². The van der Waals surface area contributed by atoms with Crippen molar-refractivity contribution in [2.75, 3.05) is 13.1 Å². The summed E-state index contributed by atoms with van der Waals surface area (Å²) in [7, 11) is 0. The first-order valence-electron chi connectivity index (χ1n) is 7.54. The number of nitrogens with zero attached hydrogens (tertiary/aromatic N) is 2. The Balaban J connectivity index is 2.05. The third-order valence-electron chi connectivity index (χ3n) is 4.05. The lowest BCUT2D eigenvalue weighted by molar-refractivity contribution is 0.180. The molecule has 0 aromatic carbocycles. The molecule has 1 N–H and O–H groups in total. The molecule has 0 heterocycles. The van der Waals surface area contributed by atoms with Gasteiger partial charge in [0.15, 0.2) is 0 Å². The molecule has 1 unspecified atom stereocenters. The Kier molecular flexibility index (Phi) is 4.29. The Morgan fingerprint density at radius 2 is 2.00 bits per heavy atom. The zero-order valence-corrected chi connectivity index (χ0v) is 12.1. The van der Waals surface area contributed by atoms with Crippen LogP contribution >= 0.6 is 0 Å². The fourth-order valence-corrected chi connectivity index (χ4v) is 2.98. The van der Waals surface area contributed by atoms with Gasteiger partial charge >= 0.3 is 0 Å². The second-order valence-corrected chi connectivity index (χ2v) is 6.36. The van der Waals surface area contributed by atoms with E-state index in [1.165, 1.54) is 32.1 Å². The van der Waals surface area contributed by atoms with E-state index in [1.54, 1.807) is 0 Å². The number of hydrogen-bond donors (Lipinski definition) is 1. The maximum absolute atomic E-state index is 9.72. The van der Waals surface area contributed by atoms with Gasteiger partial charge < -0.3 is 0 Å². The molecule has 0 spiro atoms. The monoisotopic (exact) mass is 249 g/mol. The topological polar surface area (TPSA) is 39.1 Å². The highest BCUT2D eigenvalue weighted by atomic mass is 15.2.